The third-order valence-corrected chi connectivity index (χ3v) is 1.45. The Balaban J connectivity index is 2.72. The number of esters is 1. The molecule has 1 aromatic rings. The highest BCUT2D eigenvalue weighted by molar-refractivity contribution is 6.41. The van der Waals surface area contributed by atoms with E-state index in [1.54, 1.807) is 18.2 Å². The largest absolute Gasteiger partial charge is 0.440 e. The summed E-state index contributed by atoms with van der Waals surface area (Å²) in [5.41, 5.74) is 0.193. The zero-order valence-corrected chi connectivity index (χ0v) is 7.21. The van der Waals surface area contributed by atoms with Crippen LogP contribution in [0.15, 0.2) is 30.3 Å². The van der Waals surface area contributed by atoms with Crippen molar-refractivity contribution in [3.63, 3.8) is 0 Å². The first-order valence-corrected chi connectivity index (χ1v) is 3.85. The third-order valence-electron chi connectivity index (χ3n) is 1.45. The Kier molecular flexibility index (Phi) is 3.42. The summed E-state index contributed by atoms with van der Waals surface area (Å²) in [5, 5.41) is 8.50. The number of aliphatic hydroxyl groups excluding tert-OH is 1. The van der Waals surface area contributed by atoms with E-state index in [1.165, 1.54) is 12.1 Å². The molecule has 0 heterocycles. The Labute approximate surface area is 81.9 Å². The Morgan fingerprint density at radius 1 is 1.29 bits per heavy atom. The topological polar surface area (TPSA) is 63.6 Å². The average Bonchev–Trinajstić information content (AvgIpc) is 2.17. The van der Waals surface area contributed by atoms with Crippen LogP contribution in [0.1, 0.15) is 10.4 Å². The van der Waals surface area contributed by atoms with Crippen LogP contribution in [0.4, 0.5) is 0 Å². The second kappa shape index (κ2) is 4.57. The Morgan fingerprint density at radius 2 is 1.86 bits per heavy atom. The van der Waals surface area contributed by atoms with Gasteiger partial charge < -0.3 is 9.84 Å². The number of carbonyl (C=O) groups excluding carboxylic acids is 2. The van der Waals surface area contributed by atoms with Crippen molar-refractivity contribution >= 4 is 19.6 Å². The molecule has 0 saturated carbocycles. The molecule has 0 spiro atoms. The lowest BCUT2D eigenvalue weighted by Crippen LogP contribution is -2.24. The van der Waals surface area contributed by atoms with Crippen LogP contribution in [-0.4, -0.2) is 30.9 Å². The van der Waals surface area contributed by atoms with Crippen molar-refractivity contribution in [3.05, 3.63) is 35.9 Å². The van der Waals surface area contributed by atoms with Gasteiger partial charge in [0.1, 0.15) is 6.19 Å². The van der Waals surface area contributed by atoms with Crippen molar-refractivity contribution in [3.8, 4) is 0 Å². The normalized spacial score (nSPS) is 11.8. The maximum Gasteiger partial charge on any atom is 0.381 e. The van der Waals surface area contributed by atoms with Crippen LogP contribution < -0.4 is 0 Å². The molecule has 5 heteroatoms. The van der Waals surface area contributed by atoms with Gasteiger partial charge in [-0.15, -0.1) is 0 Å². The highest BCUT2D eigenvalue weighted by Crippen LogP contribution is 2.01. The molecule has 1 aromatic carbocycles. The molecule has 1 N–H and O–H groups in total. The summed E-state index contributed by atoms with van der Waals surface area (Å²) in [5.74, 6) is -2.01. The number of hydrogen-bond donors (Lipinski definition) is 1. The van der Waals surface area contributed by atoms with Gasteiger partial charge in [-0.05, 0) is 0 Å². The fourth-order valence-electron chi connectivity index (χ4n) is 0.871. The molecule has 1 rings (SSSR count). The highest BCUT2D eigenvalue weighted by atomic mass is 16.6. The van der Waals surface area contributed by atoms with Crippen molar-refractivity contribution in [2.45, 2.75) is 6.19 Å². The molecule has 0 fully saturated rings. The minimum atomic E-state index is -1.77. The molecule has 1 atom stereocenters. The predicted molar refractivity (Wildman–Crippen MR) is 48.6 cm³/mol. The molecule has 0 saturated heterocycles. The maximum absolute atomic E-state index is 11.2. The summed E-state index contributed by atoms with van der Waals surface area (Å²) >= 11 is 0. The van der Waals surface area contributed by atoms with Gasteiger partial charge in [-0.2, -0.15) is 0 Å². The molecule has 0 bridgehead atoms. The summed E-state index contributed by atoms with van der Waals surface area (Å²) in [4.78, 5) is 22.2. The van der Waals surface area contributed by atoms with Crippen molar-refractivity contribution in [1.29, 1.82) is 0 Å². The standard InChI is InChI=1S/C9H7BO4/c10-9(13)14-8(12)7(11)6-4-2-1-3-5-6/h1-5,9,13H. The number of ketones is 1. The lowest BCUT2D eigenvalue weighted by molar-refractivity contribution is -0.150. The molecule has 1 unspecified atom stereocenters. The van der Waals surface area contributed by atoms with Gasteiger partial charge in [0.25, 0.3) is 5.78 Å². The number of ether oxygens (including phenoxy) is 1. The number of benzene rings is 1. The summed E-state index contributed by atoms with van der Waals surface area (Å²) in [6.45, 7) is 0. The van der Waals surface area contributed by atoms with Crippen LogP contribution in [-0.2, 0) is 9.53 Å². The number of carbonyl (C=O) groups is 2. The lowest BCUT2D eigenvalue weighted by Gasteiger charge is -2.05. The maximum atomic E-state index is 11.2. The smallest absolute Gasteiger partial charge is 0.381 e. The lowest BCUT2D eigenvalue weighted by atomic mass is 10.1. The minimum Gasteiger partial charge on any atom is -0.440 e. The van der Waals surface area contributed by atoms with Crippen molar-refractivity contribution in [2.24, 2.45) is 0 Å². The van der Waals surface area contributed by atoms with E-state index >= 15 is 0 Å². The highest BCUT2D eigenvalue weighted by Gasteiger charge is 2.18. The quantitative estimate of drug-likeness (QED) is 0.237. The fourth-order valence-corrected chi connectivity index (χ4v) is 0.871. The molecular formula is C9H7BO4. The Hall–Kier alpha value is -1.62. The number of Topliss-reactive ketones (excluding diaryl/α,β-unsaturated/α-hetero) is 1. The van der Waals surface area contributed by atoms with Gasteiger partial charge in [0.05, 0.1) is 0 Å². The average molecular weight is 190 g/mol. The van der Waals surface area contributed by atoms with Crippen molar-refractivity contribution in [1.82, 2.24) is 0 Å². The summed E-state index contributed by atoms with van der Waals surface area (Å²) in [6.07, 6.45) is -1.77. The molecule has 0 aromatic heterocycles. The van der Waals surface area contributed by atoms with E-state index in [2.05, 4.69) is 4.74 Å². The molecule has 2 radical (unpaired) electrons. The van der Waals surface area contributed by atoms with Crippen molar-refractivity contribution in [2.75, 3.05) is 0 Å². The van der Waals surface area contributed by atoms with Crippen LogP contribution in [0.25, 0.3) is 0 Å². The van der Waals surface area contributed by atoms with Crippen molar-refractivity contribution < 1.29 is 19.4 Å². The molecule has 70 valence electrons. The molecular weight excluding hydrogens is 183 g/mol. The summed E-state index contributed by atoms with van der Waals surface area (Å²) < 4.78 is 4.11. The third kappa shape index (κ3) is 2.71. The molecule has 0 aliphatic rings. The van der Waals surface area contributed by atoms with Gasteiger partial charge in [0, 0.05) is 5.56 Å². The van der Waals surface area contributed by atoms with E-state index in [0.717, 1.165) is 0 Å². The Morgan fingerprint density at radius 3 is 2.36 bits per heavy atom. The van der Waals surface area contributed by atoms with E-state index in [0.29, 0.717) is 0 Å². The predicted octanol–water partition coefficient (Wildman–Crippen LogP) is -0.143. The summed E-state index contributed by atoms with van der Waals surface area (Å²) in [7, 11) is 4.77. The zero-order valence-electron chi connectivity index (χ0n) is 7.21. The second-order valence-corrected chi connectivity index (χ2v) is 2.49. The number of rotatable bonds is 3. The van der Waals surface area contributed by atoms with Gasteiger partial charge in [-0.3, -0.25) is 4.79 Å². The van der Waals surface area contributed by atoms with Crippen LogP contribution in [0.3, 0.4) is 0 Å². The van der Waals surface area contributed by atoms with E-state index in [-0.39, 0.29) is 5.56 Å². The SMILES string of the molecule is [B]C(O)OC(=O)C(=O)c1ccccc1. The van der Waals surface area contributed by atoms with Gasteiger partial charge in [-0.1, -0.05) is 30.3 Å². The van der Waals surface area contributed by atoms with Crippen LogP contribution >= 0.6 is 0 Å². The fraction of sp³-hybridized carbons (Fsp3) is 0.111. The number of hydrogen-bond acceptors (Lipinski definition) is 4. The minimum absolute atomic E-state index is 0.193. The van der Waals surface area contributed by atoms with Gasteiger partial charge in [-0.25, -0.2) is 4.79 Å². The summed E-state index contributed by atoms with van der Waals surface area (Å²) in [6, 6.07) is 7.86. The van der Waals surface area contributed by atoms with Crippen LogP contribution in [0.2, 0.25) is 0 Å². The van der Waals surface area contributed by atoms with Gasteiger partial charge in [0.15, 0.2) is 7.85 Å². The first-order chi connectivity index (χ1) is 6.61. The molecule has 4 nitrogen and oxygen atoms in total. The molecule has 0 amide bonds. The second-order valence-electron chi connectivity index (χ2n) is 2.49. The Bertz CT molecular complexity index is 334. The van der Waals surface area contributed by atoms with E-state index in [1.807, 2.05) is 0 Å². The molecule has 0 aliphatic carbocycles. The van der Waals surface area contributed by atoms with E-state index < -0.39 is 17.9 Å². The first-order valence-electron chi connectivity index (χ1n) is 3.85. The van der Waals surface area contributed by atoms with E-state index in [4.69, 9.17) is 13.0 Å². The first kappa shape index (κ1) is 10.5. The number of aliphatic hydroxyl groups is 1. The molecule has 14 heavy (non-hydrogen) atoms. The van der Waals surface area contributed by atoms with Gasteiger partial charge in [0.2, 0.25) is 0 Å². The molecule has 0 aliphatic heterocycles. The monoisotopic (exact) mass is 190 g/mol. The van der Waals surface area contributed by atoms with Crippen LogP contribution in [0, 0.1) is 0 Å². The zero-order chi connectivity index (χ0) is 10.6. The van der Waals surface area contributed by atoms with Gasteiger partial charge >= 0.3 is 5.97 Å². The van der Waals surface area contributed by atoms with Crippen LogP contribution in [0.5, 0.6) is 0 Å². The van der Waals surface area contributed by atoms with E-state index in [9.17, 15) is 9.59 Å².